The van der Waals surface area contributed by atoms with Gasteiger partial charge in [-0.25, -0.2) is 8.42 Å². The predicted octanol–water partition coefficient (Wildman–Crippen LogP) is 3.80. The Morgan fingerprint density at radius 2 is 1.68 bits per heavy atom. The van der Waals surface area contributed by atoms with Crippen LogP contribution in [0.15, 0.2) is 24.3 Å². The first-order chi connectivity index (χ1) is 13.2. The summed E-state index contributed by atoms with van der Waals surface area (Å²) in [5.41, 5.74) is 2.54. The molecule has 2 atom stereocenters. The lowest BCUT2D eigenvalue weighted by Gasteiger charge is -2.36. The Morgan fingerprint density at radius 3 is 2.25 bits per heavy atom. The molecular weight excluding hydrogens is 374 g/mol. The second-order valence-electron chi connectivity index (χ2n) is 8.28. The number of ether oxygens (including phenoxy) is 1. The van der Waals surface area contributed by atoms with E-state index in [2.05, 4.69) is 43.0 Å². The van der Waals surface area contributed by atoms with Gasteiger partial charge in [-0.2, -0.15) is 0 Å². The molecule has 158 valence electrons. The molecule has 1 aliphatic rings. The molecule has 1 fully saturated rings. The first kappa shape index (κ1) is 22.9. The molecule has 0 aliphatic carbocycles. The van der Waals surface area contributed by atoms with Crippen molar-refractivity contribution in [2.45, 2.75) is 77.3 Å². The van der Waals surface area contributed by atoms with Gasteiger partial charge < -0.3 is 9.64 Å². The molecule has 0 spiro atoms. The monoisotopic (exact) mass is 409 g/mol. The van der Waals surface area contributed by atoms with Crippen LogP contribution in [-0.4, -0.2) is 50.5 Å². The summed E-state index contributed by atoms with van der Waals surface area (Å²) in [7, 11) is -3.26. The fourth-order valence-electron chi connectivity index (χ4n) is 3.55. The second-order valence-corrected chi connectivity index (χ2v) is 10.8. The zero-order valence-corrected chi connectivity index (χ0v) is 18.5. The fraction of sp³-hybridized carbons (Fsp3) is 0.682. The number of Topliss-reactive ketones (excluding diaryl/α,β-unsaturated/α-hetero) is 1. The number of unbranched alkanes of at least 4 members (excludes halogenated alkanes) is 2. The zero-order chi connectivity index (χ0) is 20.7. The number of benzene rings is 1. The molecule has 1 aromatic rings. The summed E-state index contributed by atoms with van der Waals surface area (Å²) in [6.45, 7) is 9.30. The highest BCUT2D eigenvalue weighted by molar-refractivity contribution is 7.92. The van der Waals surface area contributed by atoms with E-state index in [0.29, 0.717) is 6.42 Å². The predicted molar refractivity (Wildman–Crippen MR) is 115 cm³/mol. The number of aryl methyl sites for hydroxylation is 1. The SMILES string of the molecule is CC(C)S(=O)(=O)CC(=O)CCCCCc1ccc(N2C[C@@H](C)O[C@@H](C)C2)cc1. The van der Waals surface area contributed by atoms with Crippen LogP contribution < -0.4 is 4.90 Å². The molecule has 0 unspecified atom stereocenters. The number of nitrogens with zero attached hydrogens (tertiary/aromatic N) is 1. The highest BCUT2D eigenvalue weighted by Gasteiger charge is 2.22. The van der Waals surface area contributed by atoms with Crippen LogP contribution in [0.2, 0.25) is 0 Å². The van der Waals surface area contributed by atoms with Crippen molar-refractivity contribution in [2.75, 3.05) is 23.7 Å². The third-order valence-corrected chi connectivity index (χ3v) is 7.38. The minimum Gasteiger partial charge on any atom is -0.372 e. The van der Waals surface area contributed by atoms with Crippen molar-refractivity contribution in [3.05, 3.63) is 29.8 Å². The van der Waals surface area contributed by atoms with Crippen molar-refractivity contribution in [1.29, 1.82) is 0 Å². The number of carbonyl (C=O) groups excluding carboxylic acids is 1. The molecule has 5 nitrogen and oxygen atoms in total. The number of hydrogen-bond acceptors (Lipinski definition) is 5. The molecule has 0 aromatic heterocycles. The Morgan fingerprint density at radius 1 is 1.07 bits per heavy atom. The smallest absolute Gasteiger partial charge is 0.159 e. The minimum atomic E-state index is -3.26. The van der Waals surface area contributed by atoms with Crippen molar-refractivity contribution < 1.29 is 17.9 Å². The van der Waals surface area contributed by atoms with E-state index in [4.69, 9.17) is 4.74 Å². The van der Waals surface area contributed by atoms with Gasteiger partial charge in [0.15, 0.2) is 9.84 Å². The van der Waals surface area contributed by atoms with Gasteiger partial charge >= 0.3 is 0 Å². The van der Waals surface area contributed by atoms with Crippen LogP contribution in [0.5, 0.6) is 0 Å². The zero-order valence-electron chi connectivity index (χ0n) is 17.7. The van der Waals surface area contributed by atoms with E-state index < -0.39 is 15.1 Å². The van der Waals surface area contributed by atoms with Gasteiger partial charge in [-0.1, -0.05) is 18.6 Å². The molecule has 1 aliphatic heterocycles. The van der Waals surface area contributed by atoms with Crippen molar-refractivity contribution in [3.8, 4) is 0 Å². The van der Waals surface area contributed by atoms with E-state index in [9.17, 15) is 13.2 Å². The maximum absolute atomic E-state index is 11.8. The first-order valence-electron chi connectivity index (χ1n) is 10.4. The van der Waals surface area contributed by atoms with Crippen LogP contribution in [0.3, 0.4) is 0 Å². The van der Waals surface area contributed by atoms with Crippen LogP contribution in [0.25, 0.3) is 0 Å². The van der Waals surface area contributed by atoms with Gasteiger partial charge in [0.1, 0.15) is 11.5 Å². The average molecular weight is 410 g/mol. The van der Waals surface area contributed by atoms with E-state index in [0.717, 1.165) is 38.8 Å². The average Bonchev–Trinajstić information content (AvgIpc) is 2.60. The molecule has 0 N–H and O–H groups in total. The number of hydrogen-bond donors (Lipinski definition) is 0. The van der Waals surface area contributed by atoms with Gasteiger partial charge in [-0.15, -0.1) is 0 Å². The highest BCUT2D eigenvalue weighted by atomic mass is 32.2. The van der Waals surface area contributed by atoms with Crippen LogP contribution in [0.1, 0.15) is 58.9 Å². The van der Waals surface area contributed by atoms with Gasteiger partial charge in [0.05, 0.1) is 17.5 Å². The maximum atomic E-state index is 11.8. The molecule has 28 heavy (non-hydrogen) atoms. The second kappa shape index (κ2) is 10.4. The molecule has 0 amide bonds. The maximum Gasteiger partial charge on any atom is 0.159 e. The van der Waals surface area contributed by atoms with E-state index in [1.165, 1.54) is 11.3 Å². The molecular formula is C22H35NO4S. The van der Waals surface area contributed by atoms with Gasteiger partial charge in [0.2, 0.25) is 0 Å². The van der Waals surface area contributed by atoms with Gasteiger partial charge in [0, 0.05) is 25.2 Å². The van der Waals surface area contributed by atoms with Gasteiger partial charge in [-0.3, -0.25) is 4.79 Å². The lowest BCUT2D eigenvalue weighted by molar-refractivity contribution is -0.116. The lowest BCUT2D eigenvalue weighted by atomic mass is 10.0. The fourth-order valence-corrected chi connectivity index (χ4v) is 4.48. The number of carbonyl (C=O) groups is 1. The summed E-state index contributed by atoms with van der Waals surface area (Å²) in [5.74, 6) is -0.475. The number of anilines is 1. The summed E-state index contributed by atoms with van der Waals surface area (Å²) in [5, 5.41) is -0.483. The van der Waals surface area contributed by atoms with E-state index in [1.54, 1.807) is 13.8 Å². The molecule has 1 heterocycles. The molecule has 1 saturated heterocycles. The number of sulfone groups is 1. The van der Waals surface area contributed by atoms with Crippen molar-refractivity contribution in [1.82, 2.24) is 0 Å². The quantitative estimate of drug-likeness (QED) is 0.550. The van der Waals surface area contributed by atoms with Crippen molar-refractivity contribution in [3.63, 3.8) is 0 Å². The van der Waals surface area contributed by atoms with Crippen LogP contribution in [-0.2, 0) is 25.8 Å². The normalized spacial score (nSPS) is 20.5. The molecule has 6 heteroatoms. The van der Waals surface area contributed by atoms with E-state index >= 15 is 0 Å². The molecule has 1 aromatic carbocycles. The topological polar surface area (TPSA) is 63.7 Å². The van der Waals surface area contributed by atoms with Gasteiger partial charge in [0.25, 0.3) is 0 Å². The first-order valence-corrected chi connectivity index (χ1v) is 12.1. The van der Waals surface area contributed by atoms with Crippen LogP contribution in [0, 0.1) is 0 Å². The Bertz CT molecular complexity index is 717. The standard InChI is InChI=1S/C22H35NO4S/c1-17(2)28(25,26)16-22(24)9-7-5-6-8-20-10-12-21(13-11-20)23-14-18(3)27-19(4)15-23/h10-13,17-19H,5-9,14-16H2,1-4H3/t18-,19+. The Labute approximate surface area is 170 Å². The van der Waals surface area contributed by atoms with Crippen LogP contribution in [0.4, 0.5) is 5.69 Å². The summed E-state index contributed by atoms with van der Waals surface area (Å²) in [6, 6.07) is 8.72. The largest absolute Gasteiger partial charge is 0.372 e. The molecule has 2 rings (SSSR count). The Hall–Kier alpha value is -1.40. The third kappa shape index (κ3) is 7.21. The van der Waals surface area contributed by atoms with E-state index in [1.807, 2.05) is 0 Å². The Balaban J connectivity index is 1.69. The lowest BCUT2D eigenvalue weighted by Crippen LogP contribution is -2.45. The van der Waals surface area contributed by atoms with Gasteiger partial charge in [-0.05, 0) is 64.7 Å². The number of rotatable bonds is 10. The summed E-state index contributed by atoms with van der Waals surface area (Å²) < 4.78 is 29.3. The summed E-state index contributed by atoms with van der Waals surface area (Å²) >= 11 is 0. The summed E-state index contributed by atoms with van der Waals surface area (Å²) in [4.78, 5) is 14.2. The highest BCUT2D eigenvalue weighted by Crippen LogP contribution is 2.21. The molecule has 0 bridgehead atoms. The van der Waals surface area contributed by atoms with E-state index in [-0.39, 0.29) is 23.7 Å². The molecule has 0 radical (unpaired) electrons. The number of ketones is 1. The number of morpholine rings is 1. The Kier molecular flexibility index (Phi) is 8.50. The van der Waals surface area contributed by atoms with Crippen molar-refractivity contribution >= 4 is 21.3 Å². The minimum absolute atomic E-state index is 0.160. The summed E-state index contributed by atoms with van der Waals surface area (Å²) in [6.07, 6.45) is 4.55. The van der Waals surface area contributed by atoms with Crippen molar-refractivity contribution in [2.24, 2.45) is 0 Å². The third-order valence-electron chi connectivity index (χ3n) is 5.22. The molecule has 0 saturated carbocycles. The van der Waals surface area contributed by atoms with Crippen LogP contribution >= 0.6 is 0 Å².